The van der Waals surface area contributed by atoms with Gasteiger partial charge in [0, 0.05) is 25.2 Å². The molecule has 0 fully saturated rings. The second kappa shape index (κ2) is 11.6. The molecule has 4 nitrogen and oxygen atoms in total. The number of non-ortho nitro benzene ring substituents is 1. The van der Waals surface area contributed by atoms with E-state index in [0.29, 0.717) is 0 Å². The second-order valence-electron chi connectivity index (χ2n) is 4.83. The standard InChI is InChI=1S/C14H11NO2.C6H11N/c16-15(17)14-10-8-13(9-11-14)7-6-12-4-2-1-3-5-12;1-3-5-7-6-4-2/h1-11H;3-4,7H,1-2,5-6H2. The van der Waals surface area contributed by atoms with E-state index in [4.69, 9.17) is 0 Å². The van der Waals surface area contributed by atoms with E-state index in [1.54, 1.807) is 12.1 Å². The fourth-order valence-corrected chi connectivity index (χ4v) is 1.75. The fourth-order valence-electron chi connectivity index (χ4n) is 1.75. The largest absolute Gasteiger partial charge is 0.310 e. The van der Waals surface area contributed by atoms with Crippen LogP contribution in [0, 0.1) is 10.1 Å². The number of nitro benzene ring substituents is 1. The van der Waals surface area contributed by atoms with Gasteiger partial charge in [0.1, 0.15) is 0 Å². The lowest BCUT2D eigenvalue weighted by molar-refractivity contribution is -0.384. The van der Waals surface area contributed by atoms with Crippen LogP contribution in [-0.2, 0) is 0 Å². The Morgan fingerprint density at radius 3 is 1.83 bits per heavy atom. The zero-order valence-corrected chi connectivity index (χ0v) is 13.6. The Labute approximate surface area is 143 Å². The molecule has 0 saturated heterocycles. The number of hydrogen-bond acceptors (Lipinski definition) is 3. The van der Waals surface area contributed by atoms with Crippen LogP contribution in [0.3, 0.4) is 0 Å². The van der Waals surface area contributed by atoms with Crippen molar-refractivity contribution in [3.05, 3.63) is 101 Å². The van der Waals surface area contributed by atoms with Gasteiger partial charge in [-0.2, -0.15) is 0 Å². The Morgan fingerprint density at radius 2 is 1.38 bits per heavy atom. The van der Waals surface area contributed by atoms with E-state index < -0.39 is 4.92 Å². The fraction of sp³-hybridized carbons (Fsp3) is 0.100. The summed E-state index contributed by atoms with van der Waals surface area (Å²) in [6, 6.07) is 16.4. The molecule has 0 atom stereocenters. The molecule has 0 aliphatic heterocycles. The average Bonchev–Trinajstić information content (AvgIpc) is 2.62. The summed E-state index contributed by atoms with van der Waals surface area (Å²) in [5.41, 5.74) is 2.16. The summed E-state index contributed by atoms with van der Waals surface area (Å²) in [5.74, 6) is 0. The van der Waals surface area contributed by atoms with E-state index in [0.717, 1.165) is 24.2 Å². The van der Waals surface area contributed by atoms with Crippen molar-refractivity contribution in [2.45, 2.75) is 0 Å². The first-order chi connectivity index (χ1) is 11.7. The van der Waals surface area contributed by atoms with Gasteiger partial charge in [-0.05, 0) is 23.3 Å². The molecule has 2 rings (SSSR count). The third-order valence-corrected chi connectivity index (χ3v) is 2.95. The SMILES string of the molecule is C=CCNCC=C.O=[N+]([O-])c1ccc(C=Cc2ccccc2)cc1. The molecule has 0 amide bonds. The van der Waals surface area contributed by atoms with Gasteiger partial charge >= 0.3 is 0 Å². The van der Waals surface area contributed by atoms with Crippen LogP contribution < -0.4 is 5.32 Å². The molecule has 0 aliphatic carbocycles. The predicted molar refractivity (Wildman–Crippen MR) is 102 cm³/mol. The number of rotatable bonds is 7. The highest BCUT2D eigenvalue weighted by atomic mass is 16.6. The molecule has 1 N–H and O–H groups in total. The average molecular weight is 322 g/mol. The number of hydrogen-bond donors (Lipinski definition) is 1. The summed E-state index contributed by atoms with van der Waals surface area (Å²) in [6.45, 7) is 8.81. The molecule has 0 bridgehead atoms. The highest BCUT2D eigenvalue weighted by Gasteiger charge is 2.01. The maximum atomic E-state index is 10.5. The van der Waals surface area contributed by atoms with Gasteiger partial charge in [0.25, 0.3) is 5.69 Å². The number of nitrogens with one attached hydrogen (secondary N) is 1. The zero-order valence-electron chi connectivity index (χ0n) is 13.6. The van der Waals surface area contributed by atoms with E-state index in [9.17, 15) is 10.1 Å². The minimum Gasteiger partial charge on any atom is -0.310 e. The van der Waals surface area contributed by atoms with Gasteiger partial charge in [0.15, 0.2) is 0 Å². The molecule has 24 heavy (non-hydrogen) atoms. The third kappa shape index (κ3) is 7.87. The van der Waals surface area contributed by atoms with Crippen LogP contribution >= 0.6 is 0 Å². The number of nitrogens with zero attached hydrogens (tertiary/aromatic N) is 1. The molecular weight excluding hydrogens is 300 g/mol. The van der Waals surface area contributed by atoms with Gasteiger partial charge in [0.05, 0.1) is 4.92 Å². The van der Waals surface area contributed by atoms with Gasteiger partial charge in [-0.15, -0.1) is 13.2 Å². The molecule has 0 spiro atoms. The summed E-state index contributed by atoms with van der Waals surface area (Å²) in [4.78, 5) is 10.1. The van der Waals surface area contributed by atoms with E-state index >= 15 is 0 Å². The lowest BCUT2D eigenvalue weighted by atomic mass is 10.1. The predicted octanol–water partition coefficient (Wildman–Crippen LogP) is 4.71. The van der Waals surface area contributed by atoms with Crippen molar-refractivity contribution in [2.24, 2.45) is 0 Å². The van der Waals surface area contributed by atoms with E-state index in [1.165, 1.54) is 12.1 Å². The minimum atomic E-state index is -0.398. The normalized spacial score (nSPS) is 9.83. The van der Waals surface area contributed by atoms with Crippen LogP contribution in [0.5, 0.6) is 0 Å². The van der Waals surface area contributed by atoms with E-state index in [1.807, 2.05) is 54.6 Å². The van der Waals surface area contributed by atoms with Crippen molar-refractivity contribution in [3.63, 3.8) is 0 Å². The van der Waals surface area contributed by atoms with Gasteiger partial charge in [-0.25, -0.2) is 0 Å². The molecule has 4 heteroatoms. The highest BCUT2D eigenvalue weighted by Crippen LogP contribution is 2.14. The molecule has 0 unspecified atom stereocenters. The Balaban J connectivity index is 0.000000351. The second-order valence-corrected chi connectivity index (χ2v) is 4.83. The lowest BCUT2D eigenvalue weighted by Crippen LogP contribution is -2.11. The van der Waals surface area contributed by atoms with Gasteiger partial charge < -0.3 is 5.32 Å². The highest BCUT2D eigenvalue weighted by molar-refractivity contribution is 5.69. The Bertz CT molecular complexity index is 654. The van der Waals surface area contributed by atoms with Crippen molar-refractivity contribution in [2.75, 3.05) is 13.1 Å². The third-order valence-electron chi connectivity index (χ3n) is 2.95. The first kappa shape index (κ1) is 19.1. The van der Waals surface area contributed by atoms with Crippen molar-refractivity contribution >= 4 is 17.8 Å². The number of nitro groups is 1. The van der Waals surface area contributed by atoms with E-state index in [2.05, 4.69) is 18.5 Å². The molecule has 2 aromatic carbocycles. The molecule has 124 valence electrons. The smallest absolute Gasteiger partial charge is 0.269 e. The quantitative estimate of drug-likeness (QED) is 0.264. The molecule has 0 saturated carbocycles. The molecule has 0 aromatic heterocycles. The Kier molecular flexibility index (Phi) is 9.19. The minimum absolute atomic E-state index is 0.113. The summed E-state index contributed by atoms with van der Waals surface area (Å²) in [6.07, 6.45) is 7.55. The van der Waals surface area contributed by atoms with Gasteiger partial charge in [-0.1, -0.05) is 54.6 Å². The van der Waals surface area contributed by atoms with Crippen molar-refractivity contribution in [1.82, 2.24) is 5.32 Å². The van der Waals surface area contributed by atoms with E-state index in [-0.39, 0.29) is 5.69 Å². The summed E-state index contributed by atoms with van der Waals surface area (Å²) in [5, 5.41) is 13.5. The summed E-state index contributed by atoms with van der Waals surface area (Å²) >= 11 is 0. The van der Waals surface area contributed by atoms with Crippen LogP contribution in [-0.4, -0.2) is 18.0 Å². The molecular formula is C20H22N2O2. The van der Waals surface area contributed by atoms with Crippen molar-refractivity contribution in [1.29, 1.82) is 0 Å². The zero-order chi connectivity index (χ0) is 17.6. The van der Waals surface area contributed by atoms with Gasteiger partial charge in [-0.3, -0.25) is 10.1 Å². The van der Waals surface area contributed by atoms with Crippen molar-refractivity contribution in [3.8, 4) is 0 Å². The van der Waals surface area contributed by atoms with Crippen LogP contribution in [0.4, 0.5) is 5.69 Å². The first-order valence-corrected chi connectivity index (χ1v) is 7.57. The van der Waals surface area contributed by atoms with Crippen LogP contribution in [0.15, 0.2) is 79.9 Å². The summed E-state index contributed by atoms with van der Waals surface area (Å²) < 4.78 is 0. The van der Waals surface area contributed by atoms with Crippen LogP contribution in [0.25, 0.3) is 12.2 Å². The van der Waals surface area contributed by atoms with Crippen LogP contribution in [0.2, 0.25) is 0 Å². The van der Waals surface area contributed by atoms with Crippen molar-refractivity contribution < 1.29 is 4.92 Å². The van der Waals surface area contributed by atoms with Crippen LogP contribution in [0.1, 0.15) is 11.1 Å². The Hall–Kier alpha value is -2.98. The maximum Gasteiger partial charge on any atom is 0.269 e. The number of benzene rings is 2. The molecule has 0 aliphatic rings. The molecule has 0 heterocycles. The Morgan fingerprint density at radius 1 is 0.875 bits per heavy atom. The topological polar surface area (TPSA) is 55.2 Å². The maximum absolute atomic E-state index is 10.5. The monoisotopic (exact) mass is 322 g/mol. The molecule has 0 radical (unpaired) electrons. The molecule has 2 aromatic rings. The summed E-state index contributed by atoms with van der Waals surface area (Å²) in [7, 11) is 0. The first-order valence-electron chi connectivity index (χ1n) is 7.57. The van der Waals surface area contributed by atoms with Gasteiger partial charge in [0.2, 0.25) is 0 Å². The lowest BCUT2D eigenvalue weighted by Gasteiger charge is -1.94.